The van der Waals surface area contributed by atoms with Crippen LogP contribution in [0.25, 0.3) is 0 Å². The van der Waals surface area contributed by atoms with E-state index in [9.17, 15) is 8.78 Å². The number of nitrogens with two attached hydrogens (primary N) is 1. The van der Waals surface area contributed by atoms with Gasteiger partial charge in [0.05, 0.1) is 0 Å². The van der Waals surface area contributed by atoms with Crippen molar-refractivity contribution in [2.24, 2.45) is 5.73 Å². The molecule has 0 aliphatic rings. The van der Waals surface area contributed by atoms with Crippen LogP contribution in [0.2, 0.25) is 5.02 Å². The molecule has 0 bridgehead atoms. The van der Waals surface area contributed by atoms with Gasteiger partial charge in [0.2, 0.25) is 0 Å². The summed E-state index contributed by atoms with van der Waals surface area (Å²) in [5, 5.41) is 0.588. The highest BCUT2D eigenvalue weighted by Gasteiger charge is 2.12. The third kappa shape index (κ3) is 3.52. The third-order valence-electron chi connectivity index (χ3n) is 2.94. The van der Waals surface area contributed by atoms with Crippen molar-refractivity contribution in [3.8, 4) is 0 Å². The smallest absolute Gasteiger partial charge is 0.126 e. The molecule has 0 fully saturated rings. The minimum Gasteiger partial charge on any atom is -0.324 e. The molecule has 0 amide bonds. The van der Waals surface area contributed by atoms with Crippen LogP contribution in [0.15, 0.2) is 36.4 Å². The van der Waals surface area contributed by atoms with Crippen molar-refractivity contribution in [2.75, 3.05) is 0 Å². The van der Waals surface area contributed by atoms with Gasteiger partial charge in [0, 0.05) is 11.1 Å². The zero-order valence-electron chi connectivity index (χ0n) is 10.5. The Labute approximate surface area is 116 Å². The molecule has 2 aromatic rings. The first-order valence-electron chi connectivity index (χ1n) is 5.92. The van der Waals surface area contributed by atoms with Gasteiger partial charge in [-0.2, -0.15) is 0 Å². The van der Waals surface area contributed by atoms with Gasteiger partial charge in [-0.1, -0.05) is 17.7 Å². The Balaban J connectivity index is 2.25. The topological polar surface area (TPSA) is 26.0 Å². The maximum Gasteiger partial charge on any atom is 0.126 e. The van der Waals surface area contributed by atoms with Crippen LogP contribution in [0.5, 0.6) is 0 Å². The van der Waals surface area contributed by atoms with Gasteiger partial charge < -0.3 is 5.73 Å². The van der Waals surface area contributed by atoms with Crippen molar-refractivity contribution < 1.29 is 8.78 Å². The number of hydrogen-bond acceptors (Lipinski definition) is 1. The predicted molar refractivity (Wildman–Crippen MR) is 73.2 cm³/mol. The molecule has 0 saturated carbocycles. The first-order chi connectivity index (χ1) is 8.95. The van der Waals surface area contributed by atoms with E-state index in [2.05, 4.69) is 0 Å². The summed E-state index contributed by atoms with van der Waals surface area (Å²) in [5.74, 6) is -0.915. The van der Waals surface area contributed by atoms with Gasteiger partial charge in [0.1, 0.15) is 11.6 Å². The van der Waals surface area contributed by atoms with Gasteiger partial charge in [-0.3, -0.25) is 0 Å². The Bertz CT molecular complexity index is 578. The standard InChI is InChI=1S/C15H14ClF2N/c1-9-4-11(6-12(16)5-9)15(19)8-10-7-13(17)2-3-14(10)18/h2-7,15H,8,19H2,1H3. The molecule has 0 saturated heterocycles. The van der Waals surface area contributed by atoms with Crippen LogP contribution < -0.4 is 5.73 Å². The maximum atomic E-state index is 13.6. The molecule has 0 heterocycles. The van der Waals surface area contributed by atoms with Crippen molar-refractivity contribution in [1.82, 2.24) is 0 Å². The van der Waals surface area contributed by atoms with E-state index >= 15 is 0 Å². The van der Waals surface area contributed by atoms with Crippen LogP contribution in [0.4, 0.5) is 8.78 Å². The SMILES string of the molecule is Cc1cc(Cl)cc(C(N)Cc2cc(F)ccc2F)c1. The number of rotatable bonds is 3. The summed E-state index contributed by atoms with van der Waals surface area (Å²) in [4.78, 5) is 0. The van der Waals surface area contributed by atoms with Crippen LogP contribution in [0, 0.1) is 18.6 Å². The Hall–Kier alpha value is -1.45. The summed E-state index contributed by atoms with van der Waals surface area (Å²) >= 11 is 5.96. The Morgan fingerprint density at radius 3 is 2.58 bits per heavy atom. The predicted octanol–water partition coefficient (Wildman–Crippen LogP) is 4.17. The van der Waals surface area contributed by atoms with E-state index in [1.165, 1.54) is 6.07 Å². The Morgan fingerprint density at radius 1 is 1.16 bits per heavy atom. The lowest BCUT2D eigenvalue weighted by atomic mass is 9.98. The van der Waals surface area contributed by atoms with Crippen LogP contribution in [0.1, 0.15) is 22.7 Å². The van der Waals surface area contributed by atoms with E-state index in [0.29, 0.717) is 5.02 Å². The van der Waals surface area contributed by atoms with Gasteiger partial charge in [-0.15, -0.1) is 0 Å². The van der Waals surface area contributed by atoms with E-state index in [-0.39, 0.29) is 12.0 Å². The van der Waals surface area contributed by atoms with Gasteiger partial charge >= 0.3 is 0 Å². The van der Waals surface area contributed by atoms with E-state index in [4.69, 9.17) is 17.3 Å². The molecular weight excluding hydrogens is 268 g/mol. The molecule has 0 aliphatic heterocycles. The molecule has 4 heteroatoms. The average molecular weight is 282 g/mol. The third-order valence-corrected chi connectivity index (χ3v) is 3.16. The molecule has 0 spiro atoms. The lowest BCUT2D eigenvalue weighted by Crippen LogP contribution is -2.14. The molecule has 1 unspecified atom stereocenters. The first-order valence-corrected chi connectivity index (χ1v) is 6.30. The van der Waals surface area contributed by atoms with Crippen molar-refractivity contribution in [2.45, 2.75) is 19.4 Å². The summed E-state index contributed by atoms with van der Waals surface area (Å²) < 4.78 is 26.7. The molecule has 19 heavy (non-hydrogen) atoms. The quantitative estimate of drug-likeness (QED) is 0.898. The molecule has 1 atom stereocenters. The lowest BCUT2D eigenvalue weighted by Gasteiger charge is -2.14. The highest BCUT2D eigenvalue weighted by molar-refractivity contribution is 6.30. The van der Waals surface area contributed by atoms with Gasteiger partial charge in [-0.25, -0.2) is 8.78 Å². The summed E-state index contributed by atoms with van der Waals surface area (Å²) in [5.41, 5.74) is 8.10. The monoisotopic (exact) mass is 281 g/mol. The van der Waals surface area contributed by atoms with Crippen LogP contribution >= 0.6 is 11.6 Å². The minimum atomic E-state index is -0.467. The molecule has 100 valence electrons. The van der Waals surface area contributed by atoms with Crippen LogP contribution in [0.3, 0.4) is 0 Å². The normalized spacial score (nSPS) is 12.5. The summed E-state index contributed by atoms with van der Waals surface area (Å²) in [7, 11) is 0. The molecule has 2 N–H and O–H groups in total. The zero-order chi connectivity index (χ0) is 14.0. The molecule has 2 rings (SSSR count). The zero-order valence-corrected chi connectivity index (χ0v) is 11.2. The highest BCUT2D eigenvalue weighted by atomic mass is 35.5. The molecular formula is C15H14ClF2N. The van der Waals surface area contributed by atoms with Crippen molar-refractivity contribution in [1.29, 1.82) is 0 Å². The molecule has 2 aromatic carbocycles. The number of aryl methyl sites for hydroxylation is 1. The van der Waals surface area contributed by atoms with Crippen molar-refractivity contribution >= 4 is 11.6 Å². The second-order valence-electron chi connectivity index (χ2n) is 4.61. The van der Waals surface area contributed by atoms with Crippen molar-refractivity contribution in [3.63, 3.8) is 0 Å². The summed E-state index contributed by atoms with van der Waals surface area (Å²) in [6.45, 7) is 1.91. The summed E-state index contributed by atoms with van der Waals surface area (Å²) in [6, 6.07) is 8.42. The largest absolute Gasteiger partial charge is 0.324 e. The molecule has 0 aliphatic carbocycles. The average Bonchev–Trinajstić information content (AvgIpc) is 2.32. The minimum absolute atomic E-state index is 0.226. The van der Waals surface area contributed by atoms with E-state index in [1.54, 1.807) is 6.07 Å². The van der Waals surface area contributed by atoms with Gasteiger partial charge in [-0.05, 0) is 60.4 Å². The Morgan fingerprint density at radius 2 is 1.89 bits per heavy atom. The van der Waals surface area contributed by atoms with E-state index in [0.717, 1.165) is 23.3 Å². The number of hydrogen-bond donors (Lipinski definition) is 1. The fourth-order valence-corrected chi connectivity index (χ4v) is 2.33. The van der Waals surface area contributed by atoms with Gasteiger partial charge in [0.25, 0.3) is 0 Å². The number of halogens is 3. The van der Waals surface area contributed by atoms with Crippen LogP contribution in [-0.4, -0.2) is 0 Å². The fraction of sp³-hybridized carbons (Fsp3) is 0.200. The maximum absolute atomic E-state index is 13.6. The Kier molecular flexibility index (Phi) is 4.17. The highest BCUT2D eigenvalue weighted by Crippen LogP contribution is 2.23. The first kappa shape index (κ1) is 14.0. The summed E-state index contributed by atoms with van der Waals surface area (Å²) in [6.07, 6.45) is 0.226. The molecule has 1 nitrogen and oxygen atoms in total. The van der Waals surface area contributed by atoms with E-state index < -0.39 is 17.7 Å². The second kappa shape index (κ2) is 5.68. The van der Waals surface area contributed by atoms with Crippen molar-refractivity contribution in [3.05, 3.63) is 69.7 Å². The molecule has 0 radical (unpaired) electrons. The lowest BCUT2D eigenvalue weighted by molar-refractivity contribution is 0.572. The number of benzene rings is 2. The van der Waals surface area contributed by atoms with E-state index in [1.807, 2.05) is 19.1 Å². The van der Waals surface area contributed by atoms with Gasteiger partial charge in [0.15, 0.2) is 0 Å². The fourth-order valence-electron chi connectivity index (χ4n) is 2.03. The second-order valence-corrected chi connectivity index (χ2v) is 5.04. The molecule has 0 aromatic heterocycles. The van der Waals surface area contributed by atoms with Crippen LogP contribution in [-0.2, 0) is 6.42 Å².